The molecule has 4 aromatic rings. The Labute approximate surface area is 141 Å². The topological polar surface area (TPSA) is 22.1 Å². The molecular weight excluding hydrogens is 294 g/mol. The Morgan fingerprint density at radius 1 is 0.750 bits per heavy atom. The monoisotopic (exact) mass is 311 g/mol. The number of nitrogens with zero attached hydrogens (tertiary/aromatic N) is 1. The third kappa shape index (κ3) is 2.52. The van der Waals surface area contributed by atoms with Crippen molar-refractivity contribution >= 4 is 10.8 Å². The van der Waals surface area contributed by atoms with Crippen molar-refractivity contribution in [2.45, 2.75) is 0 Å². The molecule has 4 rings (SSSR count). The van der Waals surface area contributed by atoms with Crippen LogP contribution in [0.25, 0.3) is 33.3 Å². The highest BCUT2D eigenvalue weighted by atomic mass is 16.5. The van der Waals surface area contributed by atoms with E-state index in [1.807, 2.05) is 42.5 Å². The molecule has 0 saturated heterocycles. The fraction of sp³-hybridized carbons (Fsp3) is 0.0455. The number of pyridine rings is 1. The van der Waals surface area contributed by atoms with Crippen molar-refractivity contribution in [3.8, 4) is 28.3 Å². The summed E-state index contributed by atoms with van der Waals surface area (Å²) < 4.78 is 5.55. The lowest BCUT2D eigenvalue weighted by atomic mass is 10.0. The van der Waals surface area contributed by atoms with E-state index in [0.29, 0.717) is 0 Å². The van der Waals surface area contributed by atoms with E-state index >= 15 is 0 Å². The molecule has 3 aromatic carbocycles. The summed E-state index contributed by atoms with van der Waals surface area (Å²) in [5.74, 6) is 0.834. The van der Waals surface area contributed by atoms with Crippen LogP contribution in [-0.4, -0.2) is 12.1 Å². The third-order valence-electron chi connectivity index (χ3n) is 4.17. The number of methoxy groups -OCH3 is 1. The van der Waals surface area contributed by atoms with Gasteiger partial charge in [-0.2, -0.15) is 0 Å². The second-order valence-electron chi connectivity index (χ2n) is 5.64. The molecule has 0 aliphatic rings. The predicted octanol–water partition coefficient (Wildman–Crippen LogP) is 5.58. The second-order valence-corrected chi connectivity index (χ2v) is 5.64. The molecule has 0 aliphatic carbocycles. The van der Waals surface area contributed by atoms with Crippen LogP contribution < -0.4 is 4.74 Å². The zero-order valence-corrected chi connectivity index (χ0v) is 13.4. The number of fused-ring (bicyclic) bond motifs is 1. The van der Waals surface area contributed by atoms with Gasteiger partial charge in [0.25, 0.3) is 0 Å². The summed E-state index contributed by atoms with van der Waals surface area (Å²) in [5.41, 5.74) is 4.04. The molecule has 0 aliphatic heterocycles. The Hall–Kier alpha value is -3.13. The highest BCUT2D eigenvalue weighted by Crippen LogP contribution is 2.35. The van der Waals surface area contributed by atoms with E-state index in [-0.39, 0.29) is 0 Å². The second kappa shape index (κ2) is 6.17. The number of hydrogen-bond donors (Lipinski definition) is 0. The van der Waals surface area contributed by atoms with Crippen molar-refractivity contribution in [2.75, 3.05) is 7.11 Å². The number of aromatic nitrogens is 1. The zero-order chi connectivity index (χ0) is 16.4. The van der Waals surface area contributed by atoms with Crippen molar-refractivity contribution in [1.82, 2.24) is 4.98 Å². The van der Waals surface area contributed by atoms with Gasteiger partial charge in [0, 0.05) is 16.5 Å². The van der Waals surface area contributed by atoms with Gasteiger partial charge in [0.1, 0.15) is 5.75 Å². The summed E-state index contributed by atoms with van der Waals surface area (Å²) in [4.78, 5) is 4.97. The molecule has 0 atom stereocenters. The first-order chi connectivity index (χ1) is 11.9. The van der Waals surface area contributed by atoms with E-state index in [4.69, 9.17) is 9.72 Å². The van der Waals surface area contributed by atoms with Crippen molar-refractivity contribution in [1.29, 1.82) is 0 Å². The summed E-state index contributed by atoms with van der Waals surface area (Å²) in [5, 5.41) is 2.30. The van der Waals surface area contributed by atoms with Gasteiger partial charge in [-0.15, -0.1) is 0 Å². The minimum absolute atomic E-state index is 0.834. The lowest BCUT2D eigenvalue weighted by Gasteiger charge is -2.12. The van der Waals surface area contributed by atoms with Crippen LogP contribution in [0.3, 0.4) is 0 Å². The molecule has 24 heavy (non-hydrogen) atoms. The summed E-state index contributed by atoms with van der Waals surface area (Å²) in [7, 11) is 1.70. The molecule has 0 saturated carbocycles. The van der Waals surface area contributed by atoms with Crippen LogP contribution in [0.15, 0.2) is 84.9 Å². The maximum atomic E-state index is 5.55. The van der Waals surface area contributed by atoms with Gasteiger partial charge in [-0.3, -0.25) is 0 Å². The maximum absolute atomic E-state index is 5.55. The largest absolute Gasteiger partial charge is 0.496 e. The number of benzene rings is 3. The molecule has 1 aromatic heterocycles. The first-order valence-corrected chi connectivity index (χ1v) is 7.95. The highest BCUT2D eigenvalue weighted by molar-refractivity contribution is 5.98. The Kier molecular flexibility index (Phi) is 3.72. The minimum Gasteiger partial charge on any atom is -0.496 e. The van der Waals surface area contributed by atoms with Crippen LogP contribution in [0.2, 0.25) is 0 Å². The van der Waals surface area contributed by atoms with E-state index in [0.717, 1.165) is 33.7 Å². The Morgan fingerprint density at radius 3 is 2.29 bits per heavy atom. The van der Waals surface area contributed by atoms with Crippen LogP contribution in [0.1, 0.15) is 0 Å². The van der Waals surface area contributed by atoms with Gasteiger partial charge in [-0.05, 0) is 23.6 Å². The van der Waals surface area contributed by atoms with Crippen molar-refractivity contribution < 1.29 is 4.74 Å². The van der Waals surface area contributed by atoms with Crippen molar-refractivity contribution in [3.63, 3.8) is 0 Å². The van der Waals surface area contributed by atoms with Crippen LogP contribution in [-0.2, 0) is 0 Å². The SMILES string of the molecule is COc1ccccc1-c1nc(-c2ccccc2)cc2ccccc12. The lowest BCUT2D eigenvalue weighted by molar-refractivity contribution is 0.416. The van der Waals surface area contributed by atoms with Crippen LogP contribution in [0, 0.1) is 0 Å². The summed E-state index contributed by atoms with van der Waals surface area (Å²) in [6.45, 7) is 0. The molecule has 2 nitrogen and oxygen atoms in total. The van der Waals surface area contributed by atoms with E-state index in [1.165, 1.54) is 5.39 Å². The molecular formula is C22H17NO. The van der Waals surface area contributed by atoms with Gasteiger partial charge >= 0.3 is 0 Å². The number of ether oxygens (including phenoxy) is 1. The Bertz CT molecular complexity index is 993. The quantitative estimate of drug-likeness (QED) is 0.493. The molecule has 0 fully saturated rings. The summed E-state index contributed by atoms with van der Waals surface area (Å²) in [6, 6.07) is 28.8. The first-order valence-electron chi connectivity index (χ1n) is 7.95. The predicted molar refractivity (Wildman–Crippen MR) is 99.2 cm³/mol. The Balaban J connectivity index is 2.03. The van der Waals surface area contributed by atoms with Crippen LogP contribution in [0.5, 0.6) is 5.75 Å². The van der Waals surface area contributed by atoms with Gasteiger partial charge in [0.15, 0.2) is 0 Å². The minimum atomic E-state index is 0.834. The zero-order valence-electron chi connectivity index (χ0n) is 13.4. The summed E-state index contributed by atoms with van der Waals surface area (Å²) >= 11 is 0. The lowest BCUT2D eigenvalue weighted by Crippen LogP contribution is -1.93. The molecule has 0 bridgehead atoms. The normalized spacial score (nSPS) is 10.7. The molecule has 2 heteroatoms. The van der Waals surface area contributed by atoms with E-state index in [9.17, 15) is 0 Å². The van der Waals surface area contributed by atoms with E-state index in [1.54, 1.807) is 7.11 Å². The molecule has 0 amide bonds. The average Bonchev–Trinajstić information content (AvgIpc) is 2.68. The van der Waals surface area contributed by atoms with Crippen molar-refractivity contribution in [3.05, 3.63) is 84.9 Å². The van der Waals surface area contributed by atoms with Crippen molar-refractivity contribution in [2.24, 2.45) is 0 Å². The number of para-hydroxylation sites is 1. The Morgan fingerprint density at radius 2 is 1.46 bits per heavy atom. The number of rotatable bonds is 3. The fourth-order valence-corrected chi connectivity index (χ4v) is 3.00. The third-order valence-corrected chi connectivity index (χ3v) is 4.17. The van der Waals surface area contributed by atoms with Gasteiger partial charge < -0.3 is 4.74 Å². The first kappa shape index (κ1) is 14.5. The molecule has 1 heterocycles. The molecule has 116 valence electrons. The van der Waals surface area contributed by atoms with Crippen LogP contribution >= 0.6 is 0 Å². The van der Waals surface area contributed by atoms with E-state index < -0.39 is 0 Å². The van der Waals surface area contributed by atoms with Gasteiger partial charge in [-0.1, -0.05) is 66.7 Å². The maximum Gasteiger partial charge on any atom is 0.128 e. The van der Waals surface area contributed by atoms with Gasteiger partial charge in [-0.25, -0.2) is 4.98 Å². The van der Waals surface area contributed by atoms with Gasteiger partial charge in [0.2, 0.25) is 0 Å². The number of hydrogen-bond acceptors (Lipinski definition) is 2. The molecule has 0 unspecified atom stereocenters. The van der Waals surface area contributed by atoms with Gasteiger partial charge in [0.05, 0.1) is 18.5 Å². The standard InChI is InChI=1S/C22H17NO/c1-24-21-14-8-7-13-19(21)22-18-12-6-5-11-17(18)15-20(23-22)16-9-3-2-4-10-16/h2-15H,1H3. The fourth-order valence-electron chi connectivity index (χ4n) is 3.00. The van der Waals surface area contributed by atoms with Crippen LogP contribution in [0.4, 0.5) is 0 Å². The molecule has 0 N–H and O–H groups in total. The molecule has 0 radical (unpaired) electrons. The van der Waals surface area contributed by atoms with E-state index in [2.05, 4.69) is 42.5 Å². The molecule has 0 spiro atoms. The average molecular weight is 311 g/mol. The smallest absolute Gasteiger partial charge is 0.128 e. The summed E-state index contributed by atoms with van der Waals surface area (Å²) in [6.07, 6.45) is 0. The highest BCUT2D eigenvalue weighted by Gasteiger charge is 2.12.